The number of amides is 1. The van der Waals surface area contributed by atoms with Gasteiger partial charge in [-0.3, -0.25) is 4.79 Å². The van der Waals surface area contributed by atoms with Crippen LogP contribution in [0.5, 0.6) is 0 Å². The molecule has 1 fully saturated rings. The SMILES string of the molecule is Cc1ccc(C(=O)N2CC(CN)CC2C)c(F)c1. The van der Waals surface area contributed by atoms with Crippen LogP contribution in [0.25, 0.3) is 0 Å². The molecule has 2 rings (SSSR count). The van der Waals surface area contributed by atoms with Crippen molar-refractivity contribution in [3.05, 3.63) is 35.1 Å². The van der Waals surface area contributed by atoms with Gasteiger partial charge in [0.15, 0.2) is 0 Å². The molecule has 0 radical (unpaired) electrons. The molecular weight excluding hydrogens is 231 g/mol. The van der Waals surface area contributed by atoms with Crippen molar-refractivity contribution in [1.82, 2.24) is 4.90 Å². The number of hydrogen-bond donors (Lipinski definition) is 1. The maximum Gasteiger partial charge on any atom is 0.257 e. The van der Waals surface area contributed by atoms with Gasteiger partial charge >= 0.3 is 0 Å². The van der Waals surface area contributed by atoms with Crippen molar-refractivity contribution in [2.45, 2.75) is 26.3 Å². The molecule has 1 aromatic carbocycles. The molecule has 0 aromatic heterocycles. The predicted molar refractivity (Wildman–Crippen MR) is 68.8 cm³/mol. The number of aryl methyl sites for hydroxylation is 1. The molecule has 2 N–H and O–H groups in total. The van der Waals surface area contributed by atoms with E-state index in [9.17, 15) is 9.18 Å². The molecule has 1 heterocycles. The fourth-order valence-electron chi connectivity index (χ4n) is 2.54. The number of benzene rings is 1. The highest BCUT2D eigenvalue weighted by Gasteiger charge is 2.32. The molecular formula is C14H19FN2O. The Bertz CT molecular complexity index is 461. The van der Waals surface area contributed by atoms with Crippen molar-refractivity contribution in [2.24, 2.45) is 11.7 Å². The Morgan fingerprint density at radius 3 is 2.83 bits per heavy atom. The van der Waals surface area contributed by atoms with E-state index in [1.165, 1.54) is 6.07 Å². The van der Waals surface area contributed by atoms with E-state index in [4.69, 9.17) is 5.73 Å². The third-order valence-corrected chi connectivity index (χ3v) is 3.61. The quantitative estimate of drug-likeness (QED) is 0.872. The molecule has 18 heavy (non-hydrogen) atoms. The van der Waals surface area contributed by atoms with Gasteiger partial charge in [-0.05, 0) is 50.4 Å². The maximum atomic E-state index is 13.8. The Morgan fingerprint density at radius 2 is 2.28 bits per heavy atom. The molecule has 0 aliphatic carbocycles. The number of carbonyl (C=O) groups is 1. The zero-order chi connectivity index (χ0) is 13.3. The second kappa shape index (κ2) is 5.06. The van der Waals surface area contributed by atoms with Crippen LogP contribution >= 0.6 is 0 Å². The molecule has 1 amide bonds. The van der Waals surface area contributed by atoms with Gasteiger partial charge < -0.3 is 10.6 Å². The van der Waals surface area contributed by atoms with Crippen LogP contribution in [-0.4, -0.2) is 29.9 Å². The van der Waals surface area contributed by atoms with Gasteiger partial charge in [0.1, 0.15) is 5.82 Å². The first kappa shape index (κ1) is 13.0. The van der Waals surface area contributed by atoms with Gasteiger partial charge in [0.25, 0.3) is 5.91 Å². The summed E-state index contributed by atoms with van der Waals surface area (Å²) >= 11 is 0. The molecule has 2 unspecified atom stereocenters. The lowest BCUT2D eigenvalue weighted by molar-refractivity contribution is 0.0738. The Balaban J connectivity index is 2.21. The maximum absolute atomic E-state index is 13.8. The van der Waals surface area contributed by atoms with E-state index in [1.54, 1.807) is 24.0 Å². The fraction of sp³-hybridized carbons (Fsp3) is 0.500. The van der Waals surface area contributed by atoms with Gasteiger partial charge in [-0.15, -0.1) is 0 Å². The van der Waals surface area contributed by atoms with E-state index in [0.29, 0.717) is 19.0 Å². The summed E-state index contributed by atoms with van der Waals surface area (Å²) < 4.78 is 13.8. The lowest BCUT2D eigenvalue weighted by Crippen LogP contribution is -2.35. The standard InChI is InChI=1S/C14H19FN2O/c1-9-3-4-12(13(15)5-9)14(18)17-8-11(7-16)6-10(17)2/h3-5,10-11H,6-8,16H2,1-2H3. The summed E-state index contributed by atoms with van der Waals surface area (Å²) in [5.41, 5.74) is 6.61. The van der Waals surface area contributed by atoms with E-state index in [1.807, 2.05) is 6.92 Å². The minimum Gasteiger partial charge on any atom is -0.336 e. The van der Waals surface area contributed by atoms with Crippen LogP contribution < -0.4 is 5.73 Å². The first-order valence-corrected chi connectivity index (χ1v) is 6.30. The van der Waals surface area contributed by atoms with E-state index in [2.05, 4.69) is 0 Å². The molecule has 1 aliphatic heterocycles. The van der Waals surface area contributed by atoms with Crippen molar-refractivity contribution in [3.8, 4) is 0 Å². The number of nitrogens with zero attached hydrogens (tertiary/aromatic N) is 1. The number of rotatable bonds is 2. The largest absolute Gasteiger partial charge is 0.336 e. The summed E-state index contributed by atoms with van der Waals surface area (Å²) in [7, 11) is 0. The second-order valence-electron chi connectivity index (χ2n) is 5.13. The number of halogens is 1. The second-order valence-corrected chi connectivity index (χ2v) is 5.13. The summed E-state index contributed by atoms with van der Waals surface area (Å²) in [6, 6.07) is 4.85. The number of hydrogen-bond acceptors (Lipinski definition) is 2. The van der Waals surface area contributed by atoms with Gasteiger partial charge in [-0.25, -0.2) is 4.39 Å². The highest BCUT2D eigenvalue weighted by molar-refractivity contribution is 5.95. The molecule has 2 atom stereocenters. The Kier molecular flexibility index (Phi) is 3.66. The minimum absolute atomic E-state index is 0.131. The predicted octanol–water partition coefficient (Wildman–Crippen LogP) is 1.94. The minimum atomic E-state index is -0.441. The lowest BCUT2D eigenvalue weighted by Gasteiger charge is -2.21. The van der Waals surface area contributed by atoms with Gasteiger partial charge in [0.2, 0.25) is 0 Å². The third kappa shape index (κ3) is 2.38. The van der Waals surface area contributed by atoms with Crippen molar-refractivity contribution in [3.63, 3.8) is 0 Å². The van der Waals surface area contributed by atoms with Gasteiger partial charge in [-0.1, -0.05) is 6.07 Å². The first-order valence-electron chi connectivity index (χ1n) is 6.30. The van der Waals surface area contributed by atoms with Crippen LogP contribution in [0.4, 0.5) is 4.39 Å². The number of likely N-dealkylation sites (tertiary alicyclic amines) is 1. The Hall–Kier alpha value is -1.42. The molecule has 0 spiro atoms. The van der Waals surface area contributed by atoms with Gasteiger partial charge in [0.05, 0.1) is 5.56 Å². The van der Waals surface area contributed by atoms with Crippen LogP contribution in [0.15, 0.2) is 18.2 Å². The van der Waals surface area contributed by atoms with E-state index in [-0.39, 0.29) is 17.5 Å². The van der Waals surface area contributed by atoms with E-state index in [0.717, 1.165) is 12.0 Å². The number of carbonyl (C=O) groups excluding carboxylic acids is 1. The van der Waals surface area contributed by atoms with Gasteiger partial charge in [0, 0.05) is 12.6 Å². The fourth-order valence-corrected chi connectivity index (χ4v) is 2.54. The van der Waals surface area contributed by atoms with Crippen LogP contribution in [0.3, 0.4) is 0 Å². The summed E-state index contributed by atoms with van der Waals surface area (Å²) in [4.78, 5) is 14.0. The highest BCUT2D eigenvalue weighted by Crippen LogP contribution is 2.25. The topological polar surface area (TPSA) is 46.3 Å². The highest BCUT2D eigenvalue weighted by atomic mass is 19.1. The van der Waals surface area contributed by atoms with Gasteiger partial charge in [-0.2, -0.15) is 0 Å². The van der Waals surface area contributed by atoms with Crippen molar-refractivity contribution < 1.29 is 9.18 Å². The first-order chi connectivity index (χ1) is 8.52. The van der Waals surface area contributed by atoms with Crippen LogP contribution in [0, 0.1) is 18.7 Å². The molecule has 1 aromatic rings. The molecule has 1 aliphatic rings. The Morgan fingerprint density at radius 1 is 1.56 bits per heavy atom. The molecule has 1 saturated heterocycles. The monoisotopic (exact) mass is 250 g/mol. The summed E-state index contributed by atoms with van der Waals surface area (Å²) in [5.74, 6) is -0.336. The molecule has 0 saturated carbocycles. The average molecular weight is 250 g/mol. The summed E-state index contributed by atoms with van der Waals surface area (Å²) in [6.07, 6.45) is 0.899. The molecule has 3 nitrogen and oxygen atoms in total. The van der Waals surface area contributed by atoms with Crippen LogP contribution in [0.2, 0.25) is 0 Å². The number of nitrogens with two attached hydrogens (primary N) is 1. The summed E-state index contributed by atoms with van der Waals surface area (Å²) in [6.45, 7) is 4.99. The molecule has 98 valence electrons. The smallest absolute Gasteiger partial charge is 0.257 e. The lowest BCUT2D eigenvalue weighted by atomic mass is 10.1. The third-order valence-electron chi connectivity index (χ3n) is 3.61. The van der Waals surface area contributed by atoms with E-state index < -0.39 is 5.82 Å². The average Bonchev–Trinajstić information content (AvgIpc) is 2.70. The van der Waals surface area contributed by atoms with Crippen LogP contribution in [-0.2, 0) is 0 Å². The molecule has 0 bridgehead atoms. The van der Waals surface area contributed by atoms with Crippen molar-refractivity contribution in [2.75, 3.05) is 13.1 Å². The van der Waals surface area contributed by atoms with E-state index >= 15 is 0 Å². The van der Waals surface area contributed by atoms with Crippen molar-refractivity contribution >= 4 is 5.91 Å². The van der Waals surface area contributed by atoms with Crippen LogP contribution in [0.1, 0.15) is 29.3 Å². The zero-order valence-corrected chi connectivity index (χ0v) is 10.8. The summed E-state index contributed by atoms with van der Waals surface area (Å²) in [5, 5.41) is 0. The van der Waals surface area contributed by atoms with Crippen molar-refractivity contribution in [1.29, 1.82) is 0 Å². The Labute approximate surface area is 107 Å². The molecule has 4 heteroatoms. The normalized spacial score (nSPS) is 23.4. The zero-order valence-electron chi connectivity index (χ0n) is 10.8.